The van der Waals surface area contributed by atoms with Gasteiger partial charge in [0.25, 0.3) is 0 Å². The third-order valence-corrected chi connectivity index (χ3v) is 4.02. The number of alkyl halides is 1. The van der Waals surface area contributed by atoms with E-state index in [1.807, 2.05) is 0 Å². The molecule has 1 aliphatic heterocycles. The van der Waals surface area contributed by atoms with Gasteiger partial charge in [0.15, 0.2) is 0 Å². The summed E-state index contributed by atoms with van der Waals surface area (Å²) in [5.41, 5.74) is 1.47. The molecule has 1 aliphatic rings. The normalized spacial score (nSPS) is 21.5. The van der Waals surface area contributed by atoms with Crippen LogP contribution in [0.15, 0.2) is 28.7 Å². The lowest BCUT2D eigenvalue weighted by Gasteiger charge is -2.15. The largest absolute Gasteiger partial charge is 0.303 e. The van der Waals surface area contributed by atoms with E-state index in [1.54, 1.807) is 0 Å². The zero-order chi connectivity index (χ0) is 11.4. The molecule has 1 nitrogen and oxygen atoms in total. The molecule has 0 aliphatic carbocycles. The molecular formula is C13H17BrClN. The first-order valence-electron chi connectivity index (χ1n) is 5.83. The van der Waals surface area contributed by atoms with Gasteiger partial charge in [0, 0.05) is 16.9 Å². The molecule has 1 unspecified atom stereocenters. The van der Waals surface area contributed by atoms with E-state index in [9.17, 15) is 0 Å². The van der Waals surface area contributed by atoms with Crippen LogP contribution in [-0.4, -0.2) is 30.4 Å². The molecule has 0 aromatic heterocycles. The van der Waals surface area contributed by atoms with Crippen molar-refractivity contribution in [2.45, 2.75) is 18.8 Å². The molecule has 16 heavy (non-hydrogen) atoms. The number of hydrogen-bond donors (Lipinski definition) is 0. The summed E-state index contributed by atoms with van der Waals surface area (Å²) in [5.74, 6) is 1.49. The maximum absolute atomic E-state index is 5.72. The molecule has 2 rings (SSSR count). The molecule has 0 bridgehead atoms. The molecule has 0 saturated carbocycles. The summed E-state index contributed by atoms with van der Waals surface area (Å²) in [6.45, 7) is 3.56. The minimum atomic E-state index is 0.712. The van der Waals surface area contributed by atoms with E-state index in [1.165, 1.54) is 25.1 Å². The van der Waals surface area contributed by atoms with Crippen LogP contribution in [0.5, 0.6) is 0 Å². The highest BCUT2D eigenvalue weighted by Gasteiger charge is 2.22. The summed E-state index contributed by atoms with van der Waals surface area (Å²) in [6.07, 6.45) is 2.39. The highest BCUT2D eigenvalue weighted by Crippen LogP contribution is 2.28. The van der Waals surface area contributed by atoms with E-state index in [-0.39, 0.29) is 0 Å². The monoisotopic (exact) mass is 301 g/mol. The number of nitrogens with zero attached hydrogens (tertiary/aromatic N) is 1. The van der Waals surface area contributed by atoms with Crippen molar-refractivity contribution in [2.24, 2.45) is 0 Å². The van der Waals surface area contributed by atoms with Gasteiger partial charge in [-0.15, -0.1) is 11.6 Å². The lowest BCUT2D eigenvalue weighted by molar-refractivity contribution is 0.336. The molecule has 3 heteroatoms. The Morgan fingerprint density at radius 2 is 2.06 bits per heavy atom. The van der Waals surface area contributed by atoms with Crippen LogP contribution < -0.4 is 0 Å². The van der Waals surface area contributed by atoms with Crippen LogP contribution in [0.25, 0.3) is 0 Å². The summed E-state index contributed by atoms with van der Waals surface area (Å²) in [7, 11) is 0. The van der Waals surface area contributed by atoms with Crippen molar-refractivity contribution in [1.29, 1.82) is 0 Å². The van der Waals surface area contributed by atoms with Crippen LogP contribution in [0.1, 0.15) is 24.3 Å². The topological polar surface area (TPSA) is 3.24 Å². The SMILES string of the molecule is ClCCCN1CCC(c2ccc(Br)cc2)C1. The second kappa shape index (κ2) is 6.04. The number of hydrogen-bond acceptors (Lipinski definition) is 1. The zero-order valence-corrected chi connectivity index (χ0v) is 11.7. The van der Waals surface area contributed by atoms with Gasteiger partial charge in [-0.05, 0) is 49.5 Å². The molecule has 88 valence electrons. The summed E-state index contributed by atoms with van der Waals surface area (Å²) in [6, 6.07) is 8.74. The predicted octanol–water partition coefficient (Wildman–Crippen LogP) is 3.87. The number of likely N-dealkylation sites (tertiary alicyclic amines) is 1. The average molecular weight is 303 g/mol. The summed E-state index contributed by atoms with van der Waals surface area (Å²) >= 11 is 9.19. The van der Waals surface area contributed by atoms with Gasteiger partial charge in [-0.25, -0.2) is 0 Å². The average Bonchev–Trinajstić information content (AvgIpc) is 2.76. The Kier molecular flexibility index (Phi) is 4.68. The summed E-state index contributed by atoms with van der Waals surface area (Å²) in [4.78, 5) is 2.52. The number of benzene rings is 1. The highest BCUT2D eigenvalue weighted by atomic mass is 79.9. The van der Waals surface area contributed by atoms with Gasteiger partial charge >= 0.3 is 0 Å². The van der Waals surface area contributed by atoms with E-state index in [0.29, 0.717) is 5.92 Å². The van der Waals surface area contributed by atoms with E-state index in [2.05, 4.69) is 45.1 Å². The predicted molar refractivity (Wildman–Crippen MR) is 73.3 cm³/mol. The Morgan fingerprint density at radius 3 is 2.75 bits per heavy atom. The van der Waals surface area contributed by atoms with Gasteiger partial charge in [0.2, 0.25) is 0 Å². The Labute approximate surface area is 111 Å². The van der Waals surface area contributed by atoms with E-state index < -0.39 is 0 Å². The highest BCUT2D eigenvalue weighted by molar-refractivity contribution is 9.10. The van der Waals surface area contributed by atoms with E-state index in [0.717, 1.165) is 23.3 Å². The quantitative estimate of drug-likeness (QED) is 0.763. The standard InChI is InChI=1S/C13H17BrClN/c14-13-4-2-11(3-5-13)12-6-9-16(10-12)8-1-7-15/h2-5,12H,1,6-10H2. The maximum atomic E-state index is 5.72. The summed E-state index contributed by atoms with van der Waals surface area (Å²) < 4.78 is 1.16. The molecule has 1 saturated heterocycles. The molecule has 1 heterocycles. The van der Waals surface area contributed by atoms with Crippen molar-refractivity contribution in [2.75, 3.05) is 25.5 Å². The van der Waals surface area contributed by atoms with Crippen LogP contribution in [0.4, 0.5) is 0 Å². The van der Waals surface area contributed by atoms with Gasteiger partial charge < -0.3 is 4.90 Å². The zero-order valence-electron chi connectivity index (χ0n) is 9.33. The van der Waals surface area contributed by atoms with Gasteiger partial charge in [0.1, 0.15) is 0 Å². The van der Waals surface area contributed by atoms with Crippen molar-refractivity contribution in [1.82, 2.24) is 4.90 Å². The Hall–Kier alpha value is -0.0500. The second-order valence-electron chi connectivity index (χ2n) is 4.38. The fourth-order valence-electron chi connectivity index (χ4n) is 2.33. The molecular weight excluding hydrogens is 286 g/mol. The molecule has 0 amide bonds. The third-order valence-electron chi connectivity index (χ3n) is 3.22. The van der Waals surface area contributed by atoms with Crippen molar-refractivity contribution < 1.29 is 0 Å². The lowest BCUT2D eigenvalue weighted by atomic mass is 9.99. The first-order chi connectivity index (χ1) is 7.79. The molecule has 0 N–H and O–H groups in total. The molecule has 1 atom stereocenters. The fraction of sp³-hybridized carbons (Fsp3) is 0.538. The third kappa shape index (κ3) is 3.22. The molecule has 1 aromatic carbocycles. The van der Waals surface area contributed by atoms with E-state index in [4.69, 9.17) is 11.6 Å². The van der Waals surface area contributed by atoms with Crippen molar-refractivity contribution in [3.63, 3.8) is 0 Å². The number of rotatable bonds is 4. The van der Waals surface area contributed by atoms with Crippen LogP contribution in [0.2, 0.25) is 0 Å². The van der Waals surface area contributed by atoms with Crippen LogP contribution in [-0.2, 0) is 0 Å². The van der Waals surface area contributed by atoms with Gasteiger partial charge in [0.05, 0.1) is 0 Å². The maximum Gasteiger partial charge on any atom is 0.0235 e. The van der Waals surface area contributed by atoms with Crippen molar-refractivity contribution >= 4 is 27.5 Å². The number of halogens is 2. The lowest BCUT2D eigenvalue weighted by Crippen LogP contribution is -2.21. The molecule has 0 spiro atoms. The second-order valence-corrected chi connectivity index (χ2v) is 5.67. The minimum absolute atomic E-state index is 0.712. The fourth-order valence-corrected chi connectivity index (χ4v) is 2.71. The Bertz CT molecular complexity index is 325. The van der Waals surface area contributed by atoms with E-state index >= 15 is 0 Å². The Balaban J connectivity index is 1.90. The smallest absolute Gasteiger partial charge is 0.0235 e. The van der Waals surface area contributed by atoms with Crippen molar-refractivity contribution in [3.8, 4) is 0 Å². The summed E-state index contributed by atoms with van der Waals surface area (Å²) in [5, 5.41) is 0. The molecule has 1 fully saturated rings. The van der Waals surface area contributed by atoms with Crippen molar-refractivity contribution in [3.05, 3.63) is 34.3 Å². The van der Waals surface area contributed by atoms with Crippen LogP contribution in [0.3, 0.4) is 0 Å². The first kappa shape index (κ1) is 12.4. The van der Waals surface area contributed by atoms with Crippen LogP contribution in [0, 0.1) is 0 Å². The van der Waals surface area contributed by atoms with Crippen LogP contribution >= 0.6 is 27.5 Å². The molecule has 0 radical (unpaired) electrons. The minimum Gasteiger partial charge on any atom is -0.303 e. The first-order valence-corrected chi connectivity index (χ1v) is 7.16. The van der Waals surface area contributed by atoms with Gasteiger partial charge in [-0.3, -0.25) is 0 Å². The van der Waals surface area contributed by atoms with Gasteiger partial charge in [-0.2, -0.15) is 0 Å². The van der Waals surface area contributed by atoms with Gasteiger partial charge in [-0.1, -0.05) is 28.1 Å². The molecule has 1 aromatic rings. The Morgan fingerprint density at radius 1 is 1.31 bits per heavy atom.